The van der Waals surface area contributed by atoms with Crippen LogP contribution in [0.5, 0.6) is 0 Å². The number of hydrogen-bond donors (Lipinski definition) is 1. The molecule has 26 heavy (non-hydrogen) atoms. The summed E-state index contributed by atoms with van der Waals surface area (Å²) in [5.74, 6) is 0.915. The summed E-state index contributed by atoms with van der Waals surface area (Å²) in [5.41, 5.74) is 2.29. The molecular weight excluding hydrogens is 326 g/mol. The molecule has 6 nitrogen and oxygen atoms in total. The number of aromatic amines is 1. The first kappa shape index (κ1) is 17.2. The van der Waals surface area contributed by atoms with Gasteiger partial charge in [-0.05, 0) is 49.3 Å². The summed E-state index contributed by atoms with van der Waals surface area (Å²) in [6.07, 6.45) is 10.4. The van der Waals surface area contributed by atoms with Gasteiger partial charge in [-0.15, -0.1) is 0 Å². The van der Waals surface area contributed by atoms with Gasteiger partial charge in [-0.25, -0.2) is 0 Å². The molecule has 2 atom stereocenters. The fourth-order valence-electron chi connectivity index (χ4n) is 4.34. The van der Waals surface area contributed by atoms with E-state index in [1.807, 2.05) is 30.7 Å². The van der Waals surface area contributed by atoms with Gasteiger partial charge < -0.3 is 4.90 Å². The van der Waals surface area contributed by atoms with E-state index in [9.17, 15) is 4.79 Å². The fraction of sp³-hybridized carbons (Fsp3) is 0.550. The number of nitrogens with one attached hydrogen (secondary N) is 1. The van der Waals surface area contributed by atoms with Crippen LogP contribution in [-0.4, -0.2) is 56.6 Å². The minimum atomic E-state index is 0.322. The number of rotatable bonds is 6. The molecule has 138 valence electrons. The van der Waals surface area contributed by atoms with Gasteiger partial charge in [0.1, 0.15) is 0 Å². The maximum Gasteiger partial charge on any atom is 0.222 e. The van der Waals surface area contributed by atoms with Gasteiger partial charge in [0.15, 0.2) is 0 Å². The van der Waals surface area contributed by atoms with Crippen molar-refractivity contribution in [3.63, 3.8) is 0 Å². The van der Waals surface area contributed by atoms with Crippen LogP contribution >= 0.6 is 0 Å². The van der Waals surface area contributed by atoms with E-state index in [-0.39, 0.29) is 0 Å². The molecule has 0 unspecified atom stereocenters. The fourth-order valence-corrected chi connectivity index (χ4v) is 4.34. The maximum absolute atomic E-state index is 12.8. The highest BCUT2D eigenvalue weighted by atomic mass is 16.2. The number of pyridine rings is 1. The largest absolute Gasteiger partial charge is 0.338 e. The number of nitrogens with zero attached hydrogens (tertiary/aromatic N) is 4. The lowest BCUT2D eigenvalue weighted by atomic mass is 9.94. The molecule has 6 heteroatoms. The van der Waals surface area contributed by atoms with Crippen LogP contribution in [0.25, 0.3) is 0 Å². The summed E-state index contributed by atoms with van der Waals surface area (Å²) in [6, 6.07) is 6.45. The number of carbonyl (C=O) groups excluding carboxylic acids is 1. The zero-order valence-corrected chi connectivity index (χ0v) is 15.2. The van der Waals surface area contributed by atoms with Gasteiger partial charge in [-0.1, -0.05) is 6.07 Å². The summed E-state index contributed by atoms with van der Waals surface area (Å²) in [6.45, 7) is 3.86. The molecule has 5 heterocycles. The smallest absolute Gasteiger partial charge is 0.222 e. The highest BCUT2D eigenvalue weighted by Crippen LogP contribution is 2.29. The van der Waals surface area contributed by atoms with Crippen LogP contribution in [0.1, 0.15) is 36.9 Å². The minimum Gasteiger partial charge on any atom is -0.338 e. The molecule has 2 bridgehead atoms. The second-order valence-electron chi connectivity index (χ2n) is 7.62. The van der Waals surface area contributed by atoms with E-state index in [1.165, 1.54) is 12.0 Å². The molecule has 5 rings (SSSR count). The molecule has 2 aromatic rings. The Balaban J connectivity index is 1.33. The quantitative estimate of drug-likeness (QED) is 0.865. The van der Waals surface area contributed by atoms with Crippen LogP contribution in [-0.2, 0) is 17.8 Å². The molecule has 0 aromatic carbocycles. The number of fused-ring (bicyclic) bond motifs is 4. The van der Waals surface area contributed by atoms with Crippen LogP contribution in [0.3, 0.4) is 0 Å². The molecular formula is C20H27N5O. The summed E-state index contributed by atoms with van der Waals surface area (Å²) >= 11 is 0. The topological polar surface area (TPSA) is 65.1 Å². The minimum absolute atomic E-state index is 0.322. The zero-order valence-electron chi connectivity index (χ0n) is 15.2. The lowest BCUT2D eigenvalue weighted by Gasteiger charge is -2.36. The van der Waals surface area contributed by atoms with E-state index in [0.29, 0.717) is 24.3 Å². The third kappa shape index (κ3) is 4.12. The third-order valence-electron chi connectivity index (χ3n) is 5.63. The van der Waals surface area contributed by atoms with Gasteiger partial charge in [0, 0.05) is 51.0 Å². The highest BCUT2D eigenvalue weighted by molar-refractivity contribution is 5.76. The molecule has 3 aliphatic rings. The predicted molar refractivity (Wildman–Crippen MR) is 99.3 cm³/mol. The van der Waals surface area contributed by atoms with Crippen LogP contribution in [0.4, 0.5) is 0 Å². The molecule has 3 fully saturated rings. The van der Waals surface area contributed by atoms with E-state index < -0.39 is 0 Å². The first-order chi connectivity index (χ1) is 12.8. The Morgan fingerprint density at radius 3 is 3.00 bits per heavy atom. The van der Waals surface area contributed by atoms with E-state index >= 15 is 0 Å². The highest BCUT2D eigenvalue weighted by Gasteiger charge is 2.36. The second kappa shape index (κ2) is 7.99. The number of amides is 1. The molecule has 1 N–H and O–H groups in total. The lowest BCUT2D eigenvalue weighted by Crippen LogP contribution is -2.47. The van der Waals surface area contributed by atoms with Crippen LogP contribution < -0.4 is 0 Å². The summed E-state index contributed by atoms with van der Waals surface area (Å²) in [7, 11) is 0. The Morgan fingerprint density at radius 1 is 1.23 bits per heavy atom. The van der Waals surface area contributed by atoms with Crippen molar-refractivity contribution in [2.24, 2.45) is 5.92 Å². The van der Waals surface area contributed by atoms with Crippen molar-refractivity contribution in [3.8, 4) is 0 Å². The first-order valence-electron chi connectivity index (χ1n) is 9.67. The van der Waals surface area contributed by atoms with Crippen LogP contribution in [0.2, 0.25) is 0 Å². The molecule has 0 saturated carbocycles. The lowest BCUT2D eigenvalue weighted by molar-refractivity contribution is -0.135. The Labute approximate surface area is 154 Å². The molecule has 0 radical (unpaired) electrons. The van der Waals surface area contributed by atoms with Crippen molar-refractivity contribution in [2.75, 3.05) is 19.6 Å². The maximum atomic E-state index is 12.8. The summed E-state index contributed by atoms with van der Waals surface area (Å²) in [4.78, 5) is 21.9. The van der Waals surface area contributed by atoms with E-state index in [2.05, 4.69) is 31.0 Å². The number of aromatic nitrogens is 3. The molecule has 2 aromatic heterocycles. The van der Waals surface area contributed by atoms with E-state index in [0.717, 1.165) is 51.1 Å². The zero-order chi connectivity index (χ0) is 17.8. The monoisotopic (exact) mass is 353 g/mol. The van der Waals surface area contributed by atoms with Crippen molar-refractivity contribution in [3.05, 3.63) is 48.0 Å². The molecule has 1 amide bonds. The Morgan fingerprint density at radius 2 is 2.19 bits per heavy atom. The number of piperidine rings is 1. The van der Waals surface area contributed by atoms with Crippen molar-refractivity contribution in [2.45, 2.75) is 44.7 Å². The van der Waals surface area contributed by atoms with Gasteiger partial charge in [0.25, 0.3) is 0 Å². The normalized spacial score (nSPS) is 23.2. The van der Waals surface area contributed by atoms with Crippen LogP contribution in [0, 0.1) is 5.92 Å². The molecule has 0 spiro atoms. The summed E-state index contributed by atoms with van der Waals surface area (Å²) in [5, 5.41) is 6.80. The Hall–Kier alpha value is -2.21. The molecule has 0 aliphatic carbocycles. The first-order valence-corrected chi connectivity index (χ1v) is 9.67. The standard InChI is InChI=1S/C20H27N5O/c26-20(6-3-4-16-10-22-23-11-16)25-13-17-7-8-19(25)15-24(12-17)14-18-5-1-2-9-21-18/h1-2,5,9-11,17,19H,3-4,6-8,12-15H2,(H,22,23)/t17-,19+/m0/s1. The second-order valence-corrected chi connectivity index (χ2v) is 7.62. The van der Waals surface area contributed by atoms with Gasteiger partial charge in [-0.2, -0.15) is 5.10 Å². The van der Waals surface area contributed by atoms with Crippen molar-refractivity contribution >= 4 is 5.91 Å². The van der Waals surface area contributed by atoms with Gasteiger partial charge >= 0.3 is 0 Å². The van der Waals surface area contributed by atoms with E-state index in [1.54, 1.807) is 0 Å². The number of carbonyl (C=O) groups is 1. The van der Waals surface area contributed by atoms with Crippen molar-refractivity contribution < 1.29 is 4.79 Å². The predicted octanol–water partition coefficient (Wildman–Crippen LogP) is 2.25. The molecule has 3 saturated heterocycles. The number of H-pyrrole nitrogens is 1. The van der Waals surface area contributed by atoms with E-state index in [4.69, 9.17) is 0 Å². The molecule has 3 aliphatic heterocycles. The third-order valence-corrected chi connectivity index (χ3v) is 5.63. The van der Waals surface area contributed by atoms with Crippen LogP contribution in [0.15, 0.2) is 36.8 Å². The average Bonchev–Trinajstić information content (AvgIpc) is 3.02. The van der Waals surface area contributed by atoms with Gasteiger partial charge in [-0.3, -0.25) is 19.8 Å². The average molecular weight is 353 g/mol. The SMILES string of the molecule is O=C(CCCc1cn[nH]c1)N1C[C@H]2CC[C@@H]1CN(Cc1ccccn1)C2. The Bertz CT molecular complexity index is 702. The van der Waals surface area contributed by atoms with Crippen molar-refractivity contribution in [1.29, 1.82) is 0 Å². The van der Waals surface area contributed by atoms with Gasteiger partial charge in [0.2, 0.25) is 5.91 Å². The number of hydrogen-bond acceptors (Lipinski definition) is 4. The Kier molecular flexibility index (Phi) is 5.29. The number of aryl methyl sites for hydroxylation is 1. The summed E-state index contributed by atoms with van der Waals surface area (Å²) < 4.78 is 0. The van der Waals surface area contributed by atoms with Crippen molar-refractivity contribution in [1.82, 2.24) is 25.0 Å². The van der Waals surface area contributed by atoms with Gasteiger partial charge in [0.05, 0.1) is 11.9 Å².